The van der Waals surface area contributed by atoms with Crippen LogP contribution in [0.25, 0.3) is 0 Å². The zero-order valence-electron chi connectivity index (χ0n) is 10.2. The lowest BCUT2D eigenvalue weighted by Crippen LogP contribution is -2.38. The van der Waals surface area contributed by atoms with Crippen molar-refractivity contribution in [3.63, 3.8) is 0 Å². The van der Waals surface area contributed by atoms with Crippen LogP contribution >= 0.6 is 0 Å². The van der Waals surface area contributed by atoms with Gasteiger partial charge in [0.05, 0.1) is 0 Å². The average Bonchev–Trinajstić information content (AvgIpc) is 2.30. The fraction of sp³-hybridized carbons (Fsp3) is 0.667. The van der Waals surface area contributed by atoms with E-state index >= 15 is 0 Å². The molecule has 0 radical (unpaired) electrons. The summed E-state index contributed by atoms with van der Waals surface area (Å²) in [4.78, 5) is 12.5. The molecule has 1 heterocycles. The van der Waals surface area contributed by atoms with E-state index in [9.17, 15) is 0 Å². The van der Waals surface area contributed by atoms with Crippen molar-refractivity contribution in [3.05, 3.63) is 6.33 Å². The van der Waals surface area contributed by atoms with Crippen LogP contribution in [-0.2, 0) is 0 Å². The van der Waals surface area contributed by atoms with Crippen LogP contribution in [0.4, 0.5) is 11.9 Å². The van der Waals surface area contributed by atoms with Gasteiger partial charge in [0.2, 0.25) is 11.9 Å². The summed E-state index contributed by atoms with van der Waals surface area (Å²) in [5.41, 5.74) is 6.20. The molecule has 0 aliphatic heterocycles. The van der Waals surface area contributed by atoms with Gasteiger partial charge in [0.25, 0.3) is 0 Å². The molecule has 1 aromatic heterocycles. The fourth-order valence-corrected chi connectivity index (χ4v) is 1.22. The summed E-state index contributed by atoms with van der Waals surface area (Å²) in [5.74, 6) is 1.19. The molecule has 7 nitrogen and oxygen atoms in total. The molecule has 1 aromatic rings. The number of aromatic nitrogens is 3. The molecule has 0 amide bonds. The summed E-state index contributed by atoms with van der Waals surface area (Å²) in [6, 6.07) is 0. The summed E-state index contributed by atoms with van der Waals surface area (Å²) in [6.07, 6.45) is 1.50. The van der Waals surface area contributed by atoms with Crippen molar-refractivity contribution in [3.8, 4) is 0 Å². The smallest absolute Gasteiger partial charge is 0.244 e. The topological polar surface area (TPSA) is 69.2 Å². The van der Waals surface area contributed by atoms with Gasteiger partial charge in [-0.15, -0.1) is 0 Å². The van der Waals surface area contributed by atoms with Gasteiger partial charge in [-0.05, 0) is 0 Å². The minimum atomic E-state index is 0.594. The molecule has 0 spiro atoms. The van der Waals surface area contributed by atoms with E-state index in [2.05, 4.69) is 25.8 Å². The molecule has 0 bridgehead atoms. The molecule has 7 heteroatoms. The maximum atomic E-state index is 4.31. The summed E-state index contributed by atoms with van der Waals surface area (Å²) in [5, 5.41) is 3.54. The lowest BCUT2D eigenvalue weighted by molar-refractivity contribution is 0.662. The molecule has 90 valence electrons. The highest BCUT2D eigenvalue weighted by molar-refractivity contribution is 5.34. The summed E-state index contributed by atoms with van der Waals surface area (Å²) in [7, 11) is 3.74. The molecular formula is C9H19N7. The van der Waals surface area contributed by atoms with E-state index in [0.29, 0.717) is 11.9 Å². The molecule has 0 saturated heterocycles. The van der Waals surface area contributed by atoms with Crippen molar-refractivity contribution in [2.45, 2.75) is 13.8 Å². The van der Waals surface area contributed by atoms with Gasteiger partial charge >= 0.3 is 0 Å². The van der Waals surface area contributed by atoms with Gasteiger partial charge in [-0.2, -0.15) is 15.0 Å². The Bertz CT molecular complexity index is 289. The molecule has 0 aliphatic carbocycles. The number of hydrogen-bond donors (Lipinski definition) is 2. The van der Waals surface area contributed by atoms with Crippen LogP contribution in [0, 0.1) is 0 Å². The van der Waals surface area contributed by atoms with Gasteiger partial charge in [-0.3, -0.25) is 10.0 Å². The molecule has 0 aromatic carbocycles. The van der Waals surface area contributed by atoms with Crippen molar-refractivity contribution >= 4 is 11.9 Å². The predicted octanol–water partition coefficient (Wildman–Crippen LogP) is -0.207. The van der Waals surface area contributed by atoms with E-state index in [0.717, 1.165) is 13.1 Å². The van der Waals surface area contributed by atoms with Crippen LogP contribution < -0.4 is 20.9 Å². The Labute approximate surface area is 95.8 Å². The van der Waals surface area contributed by atoms with E-state index in [4.69, 9.17) is 0 Å². The standard InChI is InChI=1S/C9H19N7/c1-5-12-15(3)8-10-7-11-9(14-8)16(4)13-6-2/h7,12-13H,5-6H2,1-4H3. The van der Waals surface area contributed by atoms with Crippen molar-refractivity contribution < 1.29 is 0 Å². The second-order valence-corrected chi connectivity index (χ2v) is 3.23. The molecule has 0 fully saturated rings. The van der Waals surface area contributed by atoms with E-state index in [-0.39, 0.29) is 0 Å². The highest BCUT2D eigenvalue weighted by atomic mass is 15.6. The van der Waals surface area contributed by atoms with Crippen LogP contribution in [0.5, 0.6) is 0 Å². The Hall–Kier alpha value is -1.47. The van der Waals surface area contributed by atoms with Crippen LogP contribution in [0.1, 0.15) is 13.8 Å². The van der Waals surface area contributed by atoms with Crippen LogP contribution in [0.3, 0.4) is 0 Å². The maximum absolute atomic E-state index is 4.31. The zero-order chi connectivity index (χ0) is 12.0. The summed E-state index contributed by atoms with van der Waals surface area (Å²) < 4.78 is 0. The lowest BCUT2D eigenvalue weighted by atomic mass is 10.7. The number of nitrogens with one attached hydrogen (secondary N) is 2. The van der Waals surface area contributed by atoms with Gasteiger partial charge in [0.1, 0.15) is 6.33 Å². The maximum Gasteiger partial charge on any atom is 0.244 e. The molecular weight excluding hydrogens is 206 g/mol. The number of rotatable bonds is 6. The first-order valence-electron chi connectivity index (χ1n) is 5.32. The normalized spacial score (nSPS) is 10.2. The molecule has 0 aliphatic rings. The van der Waals surface area contributed by atoms with Crippen LogP contribution in [0.2, 0.25) is 0 Å². The third-order valence-electron chi connectivity index (χ3n) is 1.94. The number of hydrazine groups is 2. The number of anilines is 2. The van der Waals surface area contributed by atoms with Crippen molar-refractivity contribution in [1.82, 2.24) is 25.8 Å². The van der Waals surface area contributed by atoms with Gasteiger partial charge in [0.15, 0.2) is 0 Å². The van der Waals surface area contributed by atoms with Crippen LogP contribution in [-0.4, -0.2) is 42.1 Å². The number of nitrogens with zero attached hydrogens (tertiary/aromatic N) is 5. The summed E-state index contributed by atoms with van der Waals surface area (Å²) >= 11 is 0. The van der Waals surface area contributed by atoms with E-state index < -0.39 is 0 Å². The monoisotopic (exact) mass is 225 g/mol. The van der Waals surface area contributed by atoms with Crippen molar-refractivity contribution in [2.75, 3.05) is 37.2 Å². The highest BCUT2D eigenvalue weighted by Gasteiger charge is 2.07. The van der Waals surface area contributed by atoms with Gasteiger partial charge in [-0.1, -0.05) is 13.8 Å². The van der Waals surface area contributed by atoms with Gasteiger partial charge < -0.3 is 0 Å². The van der Waals surface area contributed by atoms with E-state index in [1.165, 1.54) is 6.33 Å². The van der Waals surface area contributed by atoms with Gasteiger partial charge in [0, 0.05) is 27.2 Å². The lowest BCUT2D eigenvalue weighted by Gasteiger charge is -2.20. The Kier molecular flexibility index (Phi) is 4.87. The fourth-order valence-electron chi connectivity index (χ4n) is 1.22. The molecule has 1 rings (SSSR count). The average molecular weight is 225 g/mol. The molecule has 2 N–H and O–H groups in total. The second-order valence-electron chi connectivity index (χ2n) is 3.23. The van der Waals surface area contributed by atoms with E-state index in [1.807, 2.05) is 27.9 Å². The van der Waals surface area contributed by atoms with Crippen molar-refractivity contribution in [1.29, 1.82) is 0 Å². The van der Waals surface area contributed by atoms with E-state index in [1.54, 1.807) is 10.0 Å². The van der Waals surface area contributed by atoms with Crippen LogP contribution in [0.15, 0.2) is 6.33 Å². The minimum Gasteiger partial charge on any atom is -0.279 e. The Morgan fingerprint density at radius 1 is 1.00 bits per heavy atom. The van der Waals surface area contributed by atoms with Gasteiger partial charge in [-0.25, -0.2) is 10.9 Å². The second kappa shape index (κ2) is 6.19. The molecule has 0 unspecified atom stereocenters. The molecule has 0 atom stereocenters. The Morgan fingerprint density at radius 2 is 1.44 bits per heavy atom. The first kappa shape index (κ1) is 12.6. The zero-order valence-corrected chi connectivity index (χ0v) is 10.2. The highest BCUT2D eigenvalue weighted by Crippen LogP contribution is 2.06. The SMILES string of the molecule is CCNN(C)c1ncnc(N(C)NCC)n1. The minimum absolute atomic E-state index is 0.594. The molecule has 0 saturated carbocycles. The quantitative estimate of drug-likeness (QED) is 0.649. The first-order chi connectivity index (χ1) is 7.69. The third-order valence-corrected chi connectivity index (χ3v) is 1.94. The Balaban J connectivity index is 2.77. The molecule has 16 heavy (non-hydrogen) atoms. The third kappa shape index (κ3) is 3.28. The number of hydrogen-bond acceptors (Lipinski definition) is 7. The summed E-state index contributed by atoms with van der Waals surface area (Å²) in [6.45, 7) is 5.67. The Morgan fingerprint density at radius 3 is 1.81 bits per heavy atom. The predicted molar refractivity (Wildman–Crippen MR) is 64.0 cm³/mol. The largest absolute Gasteiger partial charge is 0.279 e. The first-order valence-corrected chi connectivity index (χ1v) is 5.32. The van der Waals surface area contributed by atoms with Crippen molar-refractivity contribution in [2.24, 2.45) is 0 Å².